The van der Waals surface area contributed by atoms with Gasteiger partial charge in [-0.3, -0.25) is 4.79 Å². The number of nitrogens with one attached hydrogen (secondary N) is 1. The van der Waals surface area contributed by atoms with E-state index in [9.17, 15) is 19.7 Å². The molecule has 0 aliphatic carbocycles. The van der Waals surface area contributed by atoms with Gasteiger partial charge in [0.25, 0.3) is 0 Å². The van der Waals surface area contributed by atoms with Gasteiger partial charge in [-0.25, -0.2) is 14.5 Å². The summed E-state index contributed by atoms with van der Waals surface area (Å²) in [6.07, 6.45) is 1.57. The first-order valence-electron chi connectivity index (χ1n) is 8.05. The SMILES string of the molecule is NCCn1ncnc1CC(=O)N[C@H]1Cc2cccc(C(=O)O)c2OB1O. The molecule has 1 aliphatic rings. The smallest absolute Gasteiger partial charge is 0.534 e. The largest absolute Gasteiger partial charge is 0.547 e. The molecule has 11 heteroatoms. The van der Waals surface area contributed by atoms with Crippen LogP contribution in [0.2, 0.25) is 0 Å². The molecule has 1 aromatic heterocycles. The molecule has 26 heavy (non-hydrogen) atoms. The zero-order valence-electron chi connectivity index (χ0n) is 13.8. The van der Waals surface area contributed by atoms with E-state index in [1.54, 1.807) is 16.8 Å². The Morgan fingerprint density at radius 3 is 3.00 bits per heavy atom. The second-order valence-electron chi connectivity index (χ2n) is 5.85. The second kappa shape index (κ2) is 7.54. The first kappa shape index (κ1) is 17.9. The van der Waals surface area contributed by atoms with Gasteiger partial charge in [0.2, 0.25) is 5.91 Å². The first-order chi connectivity index (χ1) is 12.5. The van der Waals surface area contributed by atoms with Gasteiger partial charge in [0, 0.05) is 6.54 Å². The third-order valence-electron chi connectivity index (χ3n) is 4.05. The predicted octanol–water partition coefficient (Wildman–Crippen LogP) is -1.38. The first-order valence-corrected chi connectivity index (χ1v) is 8.05. The monoisotopic (exact) mass is 359 g/mol. The Kier molecular flexibility index (Phi) is 5.19. The fourth-order valence-electron chi connectivity index (χ4n) is 2.85. The molecule has 0 saturated carbocycles. The van der Waals surface area contributed by atoms with Crippen molar-refractivity contribution in [2.75, 3.05) is 6.54 Å². The highest BCUT2D eigenvalue weighted by Gasteiger charge is 2.37. The van der Waals surface area contributed by atoms with Gasteiger partial charge >= 0.3 is 13.1 Å². The number of rotatable bonds is 6. The molecule has 1 aromatic carbocycles. The number of hydrogen-bond acceptors (Lipinski definition) is 7. The molecule has 0 bridgehead atoms. The maximum Gasteiger partial charge on any atom is 0.547 e. The minimum atomic E-state index is -1.35. The van der Waals surface area contributed by atoms with Crippen molar-refractivity contribution in [2.45, 2.75) is 25.3 Å². The molecule has 10 nitrogen and oxygen atoms in total. The number of hydrogen-bond donors (Lipinski definition) is 4. The van der Waals surface area contributed by atoms with E-state index in [2.05, 4.69) is 15.4 Å². The van der Waals surface area contributed by atoms with Gasteiger partial charge in [-0.05, 0) is 18.1 Å². The topological polar surface area (TPSA) is 153 Å². The molecule has 1 atom stereocenters. The van der Waals surface area contributed by atoms with Crippen LogP contribution in [-0.4, -0.2) is 56.4 Å². The number of amides is 1. The molecule has 136 valence electrons. The van der Waals surface area contributed by atoms with Crippen LogP contribution in [0.25, 0.3) is 0 Å². The second-order valence-corrected chi connectivity index (χ2v) is 5.85. The summed E-state index contributed by atoms with van der Waals surface area (Å²) in [7, 11) is -1.35. The lowest BCUT2D eigenvalue weighted by Crippen LogP contribution is -2.53. The van der Waals surface area contributed by atoms with Crippen molar-refractivity contribution < 1.29 is 24.4 Å². The number of para-hydroxylation sites is 1. The predicted molar refractivity (Wildman–Crippen MR) is 90.4 cm³/mol. The Bertz CT molecular complexity index is 827. The molecule has 0 spiro atoms. The van der Waals surface area contributed by atoms with Crippen LogP contribution in [0.15, 0.2) is 24.5 Å². The summed E-state index contributed by atoms with van der Waals surface area (Å²) in [5.41, 5.74) is 6.06. The number of nitrogens with zero attached hydrogens (tertiary/aromatic N) is 3. The van der Waals surface area contributed by atoms with E-state index < -0.39 is 19.0 Å². The number of fused-ring (bicyclic) bond motifs is 1. The number of aromatic carboxylic acids is 1. The van der Waals surface area contributed by atoms with Crippen molar-refractivity contribution in [3.05, 3.63) is 41.5 Å². The van der Waals surface area contributed by atoms with Gasteiger partial charge in [0.1, 0.15) is 17.9 Å². The number of nitrogens with two attached hydrogens (primary N) is 1. The maximum absolute atomic E-state index is 12.3. The third-order valence-corrected chi connectivity index (χ3v) is 4.05. The lowest BCUT2D eigenvalue weighted by Gasteiger charge is -2.28. The lowest BCUT2D eigenvalue weighted by molar-refractivity contribution is -0.121. The lowest BCUT2D eigenvalue weighted by atomic mass is 9.72. The molecule has 1 aliphatic heterocycles. The number of carboxylic acids is 1. The van der Waals surface area contributed by atoms with Crippen LogP contribution in [0, 0.1) is 0 Å². The van der Waals surface area contributed by atoms with Gasteiger partial charge in [-0.1, -0.05) is 12.1 Å². The summed E-state index contributed by atoms with van der Waals surface area (Å²) in [4.78, 5) is 27.6. The fraction of sp³-hybridized carbons (Fsp3) is 0.333. The van der Waals surface area contributed by atoms with Crippen LogP contribution in [0.3, 0.4) is 0 Å². The number of benzene rings is 1. The fourth-order valence-corrected chi connectivity index (χ4v) is 2.85. The van der Waals surface area contributed by atoms with E-state index >= 15 is 0 Å². The molecular weight excluding hydrogens is 341 g/mol. The van der Waals surface area contributed by atoms with E-state index in [0.29, 0.717) is 24.5 Å². The summed E-state index contributed by atoms with van der Waals surface area (Å²) in [6, 6.07) is 4.69. The van der Waals surface area contributed by atoms with E-state index in [0.717, 1.165) is 0 Å². The number of carboxylic acid groups (broad SMARTS) is 1. The Morgan fingerprint density at radius 1 is 1.46 bits per heavy atom. The Labute approximate surface area is 149 Å². The molecule has 0 radical (unpaired) electrons. The molecular formula is C15H18BN5O5. The highest BCUT2D eigenvalue weighted by molar-refractivity contribution is 6.47. The summed E-state index contributed by atoms with van der Waals surface area (Å²) in [6.45, 7) is 0.818. The highest BCUT2D eigenvalue weighted by Crippen LogP contribution is 2.30. The Morgan fingerprint density at radius 2 is 2.27 bits per heavy atom. The van der Waals surface area contributed by atoms with Gasteiger partial charge in [-0.15, -0.1) is 0 Å². The summed E-state index contributed by atoms with van der Waals surface area (Å²) < 4.78 is 6.89. The van der Waals surface area contributed by atoms with Gasteiger partial charge in [0.15, 0.2) is 0 Å². The van der Waals surface area contributed by atoms with Crippen LogP contribution in [0.1, 0.15) is 21.7 Å². The van der Waals surface area contributed by atoms with Crippen LogP contribution in [-0.2, 0) is 24.2 Å². The van der Waals surface area contributed by atoms with E-state index in [1.807, 2.05) is 0 Å². The van der Waals surface area contributed by atoms with Crippen molar-refractivity contribution in [3.8, 4) is 5.75 Å². The Hall–Kier alpha value is -2.92. The summed E-state index contributed by atoms with van der Waals surface area (Å²) in [5, 5.41) is 26.0. The molecule has 0 fully saturated rings. The molecule has 3 rings (SSSR count). The van der Waals surface area contributed by atoms with Gasteiger partial charge in [-0.2, -0.15) is 5.10 Å². The number of carbonyl (C=O) groups is 2. The average Bonchev–Trinajstić information content (AvgIpc) is 3.02. The van der Waals surface area contributed by atoms with E-state index in [1.165, 1.54) is 12.4 Å². The van der Waals surface area contributed by atoms with Crippen molar-refractivity contribution in [3.63, 3.8) is 0 Å². The van der Waals surface area contributed by atoms with Crippen molar-refractivity contribution in [1.29, 1.82) is 0 Å². The molecule has 2 heterocycles. The standard InChI is InChI=1S/C15H18BN5O5/c17-4-5-21-12(18-8-19-21)7-13(22)20-11-6-9-2-1-3-10(15(23)24)14(9)26-16(11)25/h1-3,8,11,25H,4-7,17H2,(H,20,22)(H,23,24)/t11-/m0/s1. The minimum Gasteiger partial charge on any atom is -0.534 e. The normalized spacial score (nSPS) is 15.9. The maximum atomic E-state index is 12.3. The van der Waals surface area contributed by atoms with E-state index in [-0.39, 0.29) is 30.1 Å². The van der Waals surface area contributed by atoms with Crippen LogP contribution < -0.4 is 15.7 Å². The van der Waals surface area contributed by atoms with Gasteiger partial charge in [0.05, 0.1) is 24.5 Å². The average molecular weight is 359 g/mol. The van der Waals surface area contributed by atoms with Crippen molar-refractivity contribution in [1.82, 2.24) is 20.1 Å². The molecule has 0 unspecified atom stereocenters. The van der Waals surface area contributed by atoms with Crippen LogP contribution >= 0.6 is 0 Å². The van der Waals surface area contributed by atoms with Crippen molar-refractivity contribution in [2.24, 2.45) is 5.73 Å². The Balaban J connectivity index is 1.69. The number of carbonyl (C=O) groups excluding carboxylic acids is 1. The molecule has 5 N–H and O–H groups in total. The summed E-state index contributed by atoms with van der Waals surface area (Å²) >= 11 is 0. The van der Waals surface area contributed by atoms with Gasteiger partial charge < -0.3 is 25.8 Å². The van der Waals surface area contributed by atoms with Crippen molar-refractivity contribution >= 4 is 19.0 Å². The van der Waals surface area contributed by atoms with Crippen LogP contribution in [0.5, 0.6) is 5.75 Å². The zero-order chi connectivity index (χ0) is 18.7. The number of aromatic nitrogens is 3. The zero-order valence-corrected chi connectivity index (χ0v) is 13.8. The molecule has 2 aromatic rings. The molecule has 1 amide bonds. The minimum absolute atomic E-state index is 0.0226. The highest BCUT2D eigenvalue weighted by atomic mass is 16.5. The molecule has 0 saturated heterocycles. The third kappa shape index (κ3) is 3.68. The quantitative estimate of drug-likeness (QED) is 0.460. The van der Waals surface area contributed by atoms with Crippen LogP contribution in [0.4, 0.5) is 0 Å². The summed E-state index contributed by atoms with van der Waals surface area (Å²) in [5.74, 6) is -1.61. The van der Waals surface area contributed by atoms with E-state index in [4.69, 9.17) is 10.4 Å².